The van der Waals surface area contributed by atoms with Crippen LogP contribution in [0.15, 0.2) is 169 Å². The zero-order chi connectivity index (χ0) is 50.0. The van der Waals surface area contributed by atoms with E-state index in [1.54, 1.807) is 79.7 Å². The number of nitriles is 2. The van der Waals surface area contributed by atoms with E-state index in [9.17, 15) is 44.9 Å². The molecule has 0 spiro atoms. The molecule has 0 aliphatic rings. The average Bonchev–Trinajstić information content (AvgIpc) is 3.68. The van der Waals surface area contributed by atoms with Crippen molar-refractivity contribution in [3.8, 4) is 23.3 Å². The van der Waals surface area contributed by atoms with Crippen molar-refractivity contribution in [1.29, 1.82) is 10.5 Å². The molecule has 70 heavy (non-hydrogen) atoms. The number of aromatic nitrogens is 1. The molecule has 2 aromatic heterocycles. The maximum Gasteiger partial charge on any atom is 0.296 e. The molecule has 6 aromatic carbocycles. The highest BCUT2D eigenvalue weighted by Gasteiger charge is 2.24. The lowest BCUT2D eigenvalue weighted by atomic mass is 10.0. The molecular formula is C46H30Cl2N10O8S4. The number of fused-ring (bicyclic) bond motifs is 1. The fraction of sp³-hybridized carbons (Fsp3) is 0.0217. The fourth-order valence-electron chi connectivity index (χ4n) is 6.87. The van der Waals surface area contributed by atoms with E-state index in [0.717, 1.165) is 17.4 Å². The van der Waals surface area contributed by atoms with Crippen LogP contribution < -0.4 is 15.4 Å². The summed E-state index contributed by atoms with van der Waals surface area (Å²) >= 11 is 13.1. The number of benzene rings is 6. The molecule has 0 saturated carbocycles. The van der Waals surface area contributed by atoms with Crippen LogP contribution in [0, 0.1) is 29.6 Å². The van der Waals surface area contributed by atoms with Crippen LogP contribution in [0.5, 0.6) is 0 Å². The minimum absolute atomic E-state index is 0.0175. The molecule has 8 rings (SSSR count). The molecular weight excluding hydrogens is 1020 g/mol. The number of sulfonamides is 1. The van der Waals surface area contributed by atoms with Gasteiger partial charge in [0.05, 0.1) is 21.2 Å². The van der Waals surface area contributed by atoms with E-state index in [2.05, 4.69) is 52.9 Å². The third-order valence-corrected chi connectivity index (χ3v) is 15.0. The fourth-order valence-corrected chi connectivity index (χ4v) is 10.7. The predicted molar refractivity (Wildman–Crippen MR) is 267 cm³/mol. The molecule has 350 valence electrons. The van der Waals surface area contributed by atoms with Crippen molar-refractivity contribution in [2.75, 3.05) is 15.4 Å². The van der Waals surface area contributed by atoms with Crippen molar-refractivity contribution >= 4 is 126 Å². The summed E-state index contributed by atoms with van der Waals surface area (Å²) in [6.07, 6.45) is 0. The van der Waals surface area contributed by atoms with Crippen molar-refractivity contribution in [1.82, 2.24) is 4.98 Å². The van der Waals surface area contributed by atoms with Crippen LogP contribution in [0.1, 0.15) is 16.7 Å². The number of azo groups is 2. The number of anilines is 5. The van der Waals surface area contributed by atoms with E-state index in [0.29, 0.717) is 21.7 Å². The number of nitrogens with one attached hydrogen (secondary N) is 3. The lowest BCUT2D eigenvalue weighted by Crippen LogP contribution is -2.12. The number of rotatable bonds is 14. The van der Waals surface area contributed by atoms with E-state index >= 15 is 0 Å². The first-order valence-electron chi connectivity index (χ1n) is 19.9. The minimum atomic E-state index is -4.74. The molecule has 0 radical (unpaired) electrons. The van der Waals surface area contributed by atoms with Gasteiger partial charge in [0.15, 0.2) is 16.6 Å². The summed E-state index contributed by atoms with van der Waals surface area (Å²) in [5.74, 6) is -0.0110. The van der Waals surface area contributed by atoms with Crippen molar-refractivity contribution in [3.63, 3.8) is 0 Å². The number of hydrogen-bond donors (Lipinski definition) is 5. The Kier molecular flexibility index (Phi) is 13.8. The van der Waals surface area contributed by atoms with Gasteiger partial charge in [0.2, 0.25) is 0 Å². The minimum Gasteiger partial charge on any atom is -0.339 e. The Morgan fingerprint density at radius 1 is 0.629 bits per heavy atom. The first-order valence-corrected chi connectivity index (χ1v) is 25.9. The first kappa shape index (κ1) is 48.8. The number of pyridine rings is 1. The third-order valence-electron chi connectivity index (χ3n) is 10.2. The second kappa shape index (κ2) is 19.8. The Labute approximate surface area is 413 Å². The summed E-state index contributed by atoms with van der Waals surface area (Å²) in [4.78, 5) is 3.75. The number of thiophene rings is 1. The molecule has 0 amide bonds. The van der Waals surface area contributed by atoms with Crippen molar-refractivity contribution in [2.24, 2.45) is 20.5 Å². The van der Waals surface area contributed by atoms with Crippen LogP contribution in [0.2, 0.25) is 10.0 Å². The number of hydrogen-bond acceptors (Lipinski definition) is 16. The summed E-state index contributed by atoms with van der Waals surface area (Å²) in [6.45, 7) is 1.56. The highest BCUT2D eigenvalue weighted by molar-refractivity contribution is 7.92. The molecule has 18 nitrogen and oxygen atoms in total. The number of nitrogens with zero attached hydrogens (tertiary/aromatic N) is 7. The van der Waals surface area contributed by atoms with Crippen molar-refractivity contribution in [2.45, 2.75) is 21.6 Å². The Morgan fingerprint density at radius 3 is 1.94 bits per heavy atom. The van der Waals surface area contributed by atoms with Crippen LogP contribution in [-0.4, -0.2) is 39.3 Å². The predicted octanol–water partition coefficient (Wildman–Crippen LogP) is 12.9. The molecule has 5 N–H and O–H groups in total. The van der Waals surface area contributed by atoms with Gasteiger partial charge in [-0.25, -0.2) is 13.4 Å². The lowest BCUT2D eigenvalue weighted by Gasteiger charge is -2.16. The van der Waals surface area contributed by atoms with Gasteiger partial charge >= 0.3 is 0 Å². The summed E-state index contributed by atoms with van der Waals surface area (Å²) in [5.41, 5.74) is 1.78. The summed E-state index contributed by atoms with van der Waals surface area (Å²) in [6, 6.07) is 37.3. The smallest absolute Gasteiger partial charge is 0.296 e. The zero-order valence-electron chi connectivity index (χ0n) is 35.6. The van der Waals surface area contributed by atoms with Gasteiger partial charge in [-0.3, -0.25) is 13.8 Å². The molecule has 0 atom stereocenters. The Bertz CT molecular complexity index is 3880. The Balaban J connectivity index is 1.25. The maximum absolute atomic E-state index is 13.1. The summed E-state index contributed by atoms with van der Waals surface area (Å²) < 4.78 is 97.0. The van der Waals surface area contributed by atoms with E-state index in [1.165, 1.54) is 54.6 Å². The quantitative estimate of drug-likeness (QED) is 0.0501. The molecule has 0 aliphatic heterocycles. The van der Waals surface area contributed by atoms with E-state index in [-0.39, 0.29) is 86.8 Å². The monoisotopic (exact) mass is 1050 g/mol. The number of halogens is 2. The average molecular weight is 1050 g/mol. The second-order valence-corrected chi connectivity index (χ2v) is 21.0. The van der Waals surface area contributed by atoms with Crippen molar-refractivity contribution in [3.05, 3.63) is 160 Å². The van der Waals surface area contributed by atoms with Gasteiger partial charge in [-0.15, -0.1) is 20.5 Å². The molecule has 2 heterocycles. The normalized spacial score (nSPS) is 12.0. The van der Waals surface area contributed by atoms with Crippen LogP contribution >= 0.6 is 34.5 Å². The van der Waals surface area contributed by atoms with E-state index in [4.69, 9.17) is 23.2 Å². The Morgan fingerprint density at radius 2 is 1.27 bits per heavy atom. The molecule has 0 unspecified atom stereocenters. The maximum atomic E-state index is 13.1. The van der Waals surface area contributed by atoms with Gasteiger partial charge in [-0.1, -0.05) is 83.1 Å². The highest BCUT2D eigenvalue weighted by atomic mass is 35.5. The summed E-state index contributed by atoms with van der Waals surface area (Å²) in [7, 11) is -13.3. The SMILES string of the molecule is Cc1c(C#N)c(Nc2ccc(Cl)c(S(=O)(=O)O)c2)nc(Nc2ccc(Cl)cc2)c1N=Nc1sc(N=Nc2ccc3cccc(S(=O)(=O)O)c3c2)c(-c2ccc(NS(=O)(=O)c3ccccc3)cc2)c1C#N. The first-order chi connectivity index (χ1) is 33.3. The molecule has 0 bridgehead atoms. The van der Waals surface area contributed by atoms with E-state index in [1.807, 2.05) is 0 Å². The third kappa shape index (κ3) is 10.6. The second-order valence-electron chi connectivity index (χ2n) is 14.8. The molecule has 0 saturated heterocycles. The van der Waals surface area contributed by atoms with Crippen molar-refractivity contribution < 1.29 is 34.4 Å². The van der Waals surface area contributed by atoms with E-state index < -0.39 is 35.2 Å². The lowest BCUT2D eigenvalue weighted by molar-refractivity contribution is 0.481. The van der Waals surface area contributed by atoms with Gasteiger partial charge in [0, 0.05) is 38.6 Å². The largest absolute Gasteiger partial charge is 0.339 e. The van der Waals surface area contributed by atoms with Gasteiger partial charge < -0.3 is 10.6 Å². The molecule has 0 aliphatic carbocycles. The molecule has 8 aromatic rings. The molecule has 0 fully saturated rings. The van der Waals surface area contributed by atoms with Crippen LogP contribution in [0.3, 0.4) is 0 Å². The highest BCUT2D eigenvalue weighted by Crippen LogP contribution is 2.49. The van der Waals surface area contributed by atoms with Gasteiger partial charge in [0.25, 0.3) is 30.3 Å². The van der Waals surface area contributed by atoms with Crippen LogP contribution in [0.4, 0.5) is 50.1 Å². The zero-order valence-corrected chi connectivity index (χ0v) is 40.3. The standard InChI is InChI=1S/C46H30Cl2N10O8S4/c1-26-36(24-49)43(52-32-20-21-38(48)40(23-32)70(64,65)66)53-44(51-30-18-13-29(47)14-19-30)42(26)55-56-45-37(25-50)41(28-11-15-31(16-12-28)58-68(59,60)34-7-3-2-4-8-34)46(67-45)57-54-33-17-10-27-6-5-9-39(35(27)22-33)69(61,62)63/h2-23,58H,1H3,(H2,51,52,53)(H,61,62,63)(H,64,65,66). The van der Waals surface area contributed by atoms with Gasteiger partial charge in [0.1, 0.15) is 38.2 Å². The summed E-state index contributed by atoms with van der Waals surface area (Å²) in [5, 5.41) is 46.1. The van der Waals surface area contributed by atoms with Crippen LogP contribution in [-0.2, 0) is 30.3 Å². The topological polar surface area (TPSA) is 289 Å². The van der Waals surface area contributed by atoms with Crippen LogP contribution in [0.25, 0.3) is 21.9 Å². The molecule has 24 heteroatoms. The van der Waals surface area contributed by atoms with Gasteiger partial charge in [-0.2, -0.15) is 27.4 Å². The van der Waals surface area contributed by atoms with Gasteiger partial charge in [-0.05, 0) is 103 Å². The Hall–Kier alpha value is -7.64.